The number of methoxy groups -OCH3 is 3. The molecule has 3 aromatic rings. The van der Waals surface area contributed by atoms with Gasteiger partial charge in [0.05, 0.1) is 37.6 Å². The Balaban J connectivity index is 1.93. The van der Waals surface area contributed by atoms with E-state index in [2.05, 4.69) is 5.32 Å². The van der Waals surface area contributed by atoms with Crippen LogP contribution in [-0.2, 0) is 14.8 Å². The van der Waals surface area contributed by atoms with Crippen molar-refractivity contribution in [1.82, 2.24) is 0 Å². The lowest BCUT2D eigenvalue weighted by atomic mass is 10.2. The highest BCUT2D eigenvalue weighted by Gasteiger charge is 2.27. The van der Waals surface area contributed by atoms with E-state index in [0.29, 0.717) is 28.6 Å². The average molecular weight is 471 g/mol. The summed E-state index contributed by atoms with van der Waals surface area (Å²) < 4.78 is 43.6. The van der Waals surface area contributed by atoms with Gasteiger partial charge in [-0.25, -0.2) is 8.42 Å². The first-order valence-corrected chi connectivity index (χ1v) is 11.5. The summed E-state index contributed by atoms with van der Waals surface area (Å²) in [5.74, 6) is 0.951. The topological polar surface area (TPSA) is 94.2 Å². The Morgan fingerprint density at radius 3 is 2.03 bits per heavy atom. The number of aryl methyl sites for hydroxylation is 1. The van der Waals surface area contributed by atoms with Crippen LogP contribution in [0.2, 0.25) is 0 Å². The predicted molar refractivity (Wildman–Crippen MR) is 127 cm³/mol. The van der Waals surface area contributed by atoms with Crippen molar-refractivity contribution in [3.63, 3.8) is 0 Å². The van der Waals surface area contributed by atoms with E-state index in [1.54, 1.807) is 54.6 Å². The number of nitrogens with one attached hydrogen (secondary N) is 1. The minimum absolute atomic E-state index is 0.0405. The molecule has 0 aromatic heterocycles. The Morgan fingerprint density at radius 2 is 1.45 bits per heavy atom. The molecule has 0 saturated heterocycles. The first-order chi connectivity index (χ1) is 15.8. The second kappa shape index (κ2) is 10.3. The molecule has 0 aliphatic rings. The van der Waals surface area contributed by atoms with Crippen molar-refractivity contribution in [2.45, 2.75) is 11.8 Å². The van der Waals surface area contributed by atoms with Crippen LogP contribution in [0.15, 0.2) is 71.6 Å². The van der Waals surface area contributed by atoms with Gasteiger partial charge in [0.2, 0.25) is 5.91 Å². The summed E-state index contributed by atoms with van der Waals surface area (Å²) in [5, 5.41) is 2.72. The molecule has 1 amide bonds. The summed E-state index contributed by atoms with van der Waals surface area (Å²) in [6.45, 7) is 1.46. The molecule has 33 heavy (non-hydrogen) atoms. The molecule has 3 rings (SSSR count). The van der Waals surface area contributed by atoms with E-state index in [-0.39, 0.29) is 4.90 Å². The molecular weight excluding hydrogens is 444 g/mol. The molecule has 0 bridgehead atoms. The van der Waals surface area contributed by atoms with Crippen LogP contribution in [0.4, 0.5) is 11.4 Å². The SMILES string of the molecule is COc1ccc(S(=O)(=O)N(CC(=O)Nc2ccc(OC)cc2OC)c2ccc(C)cc2)cc1. The summed E-state index contributed by atoms with van der Waals surface area (Å²) in [7, 11) is 0.454. The molecule has 0 heterocycles. The van der Waals surface area contributed by atoms with E-state index in [4.69, 9.17) is 14.2 Å². The lowest BCUT2D eigenvalue weighted by molar-refractivity contribution is -0.114. The summed E-state index contributed by atoms with van der Waals surface area (Å²) in [4.78, 5) is 13.0. The zero-order chi connectivity index (χ0) is 24.0. The van der Waals surface area contributed by atoms with Gasteiger partial charge in [-0.2, -0.15) is 0 Å². The number of rotatable bonds is 9. The Bertz CT molecular complexity index is 1210. The van der Waals surface area contributed by atoms with Crippen molar-refractivity contribution < 1.29 is 27.4 Å². The highest BCUT2D eigenvalue weighted by Crippen LogP contribution is 2.30. The van der Waals surface area contributed by atoms with Crippen LogP contribution in [0, 0.1) is 6.92 Å². The highest BCUT2D eigenvalue weighted by molar-refractivity contribution is 7.92. The van der Waals surface area contributed by atoms with Gasteiger partial charge in [0.15, 0.2) is 0 Å². The van der Waals surface area contributed by atoms with Crippen molar-refractivity contribution in [3.8, 4) is 17.2 Å². The molecule has 0 fully saturated rings. The first kappa shape index (κ1) is 23.9. The number of anilines is 2. The fraction of sp³-hybridized carbons (Fsp3) is 0.208. The van der Waals surface area contributed by atoms with E-state index in [1.807, 2.05) is 6.92 Å². The van der Waals surface area contributed by atoms with Crippen molar-refractivity contribution in [2.24, 2.45) is 0 Å². The van der Waals surface area contributed by atoms with Crippen LogP contribution in [0.3, 0.4) is 0 Å². The van der Waals surface area contributed by atoms with Crippen LogP contribution in [0.1, 0.15) is 5.56 Å². The highest BCUT2D eigenvalue weighted by atomic mass is 32.2. The molecule has 174 valence electrons. The molecule has 1 N–H and O–H groups in total. The van der Waals surface area contributed by atoms with Gasteiger partial charge >= 0.3 is 0 Å². The minimum atomic E-state index is -4.04. The quantitative estimate of drug-likeness (QED) is 0.511. The molecule has 0 aliphatic heterocycles. The minimum Gasteiger partial charge on any atom is -0.497 e. The Labute approximate surface area is 193 Å². The Kier molecular flexibility index (Phi) is 7.44. The molecular formula is C24H26N2O6S. The fourth-order valence-electron chi connectivity index (χ4n) is 3.12. The molecule has 3 aromatic carbocycles. The molecule has 8 nitrogen and oxygen atoms in total. The van der Waals surface area contributed by atoms with Gasteiger partial charge in [-0.05, 0) is 55.5 Å². The van der Waals surface area contributed by atoms with E-state index in [1.165, 1.54) is 33.5 Å². The van der Waals surface area contributed by atoms with Gasteiger partial charge < -0.3 is 19.5 Å². The first-order valence-electron chi connectivity index (χ1n) is 10.0. The van der Waals surface area contributed by atoms with Crippen LogP contribution in [-0.4, -0.2) is 42.2 Å². The van der Waals surface area contributed by atoms with Gasteiger partial charge in [-0.1, -0.05) is 17.7 Å². The molecule has 0 unspecified atom stereocenters. The lowest BCUT2D eigenvalue weighted by Gasteiger charge is -2.24. The number of benzene rings is 3. The van der Waals surface area contributed by atoms with Gasteiger partial charge in [0, 0.05) is 6.07 Å². The standard InChI is InChI=1S/C24H26N2O6S/c1-17-5-7-18(8-6-17)26(33(28,29)21-12-9-19(30-2)10-13-21)16-24(27)25-22-14-11-20(31-3)15-23(22)32-4/h5-15H,16H2,1-4H3,(H,25,27). The molecule has 0 saturated carbocycles. The smallest absolute Gasteiger partial charge is 0.264 e. The molecule has 0 atom stereocenters. The van der Waals surface area contributed by atoms with Crippen LogP contribution in [0.5, 0.6) is 17.2 Å². The van der Waals surface area contributed by atoms with Crippen LogP contribution >= 0.6 is 0 Å². The third-order valence-electron chi connectivity index (χ3n) is 4.94. The lowest BCUT2D eigenvalue weighted by Crippen LogP contribution is -2.38. The van der Waals surface area contributed by atoms with E-state index < -0.39 is 22.5 Å². The van der Waals surface area contributed by atoms with Gasteiger partial charge in [0.25, 0.3) is 10.0 Å². The third kappa shape index (κ3) is 5.56. The third-order valence-corrected chi connectivity index (χ3v) is 6.73. The van der Waals surface area contributed by atoms with Crippen LogP contribution in [0.25, 0.3) is 0 Å². The molecule has 9 heteroatoms. The molecule has 0 spiro atoms. The monoisotopic (exact) mass is 470 g/mol. The maximum Gasteiger partial charge on any atom is 0.264 e. The predicted octanol–water partition coefficient (Wildman–Crippen LogP) is 3.85. The van der Waals surface area contributed by atoms with E-state index >= 15 is 0 Å². The number of nitrogens with zero attached hydrogens (tertiary/aromatic N) is 1. The summed E-state index contributed by atoms with van der Waals surface area (Å²) in [6.07, 6.45) is 0. The van der Waals surface area contributed by atoms with Crippen molar-refractivity contribution in [1.29, 1.82) is 0 Å². The summed E-state index contributed by atoms with van der Waals surface area (Å²) in [5.41, 5.74) is 1.73. The number of carbonyl (C=O) groups excluding carboxylic acids is 1. The second-order valence-electron chi connectivity index (χ2n) is 7.14. The van der Waals surface area contributed by atoms with Gasteiger partial charge in [0.1, 0.15) is 23.8 Å². The number of amides is 1. The maximum absolute atomic E-state index is 13.5. The number of hydrogen-bond acceptors (Lipinski definition) is 6. The fourth-order valence-corrected chi connectivity index (χ4v) is 4.54. The van der Waals surface area contributed by atoms with Crippen LogP contribution < -0.4 is 23.8 Å². The number of ether oxygens (including phenoxy) is 3. The van der Waals surface area contributed by atoms with E-state index in [9.17, 15) is 13.2 Å². The van der Waals surface area contributed by atoms with Crippen molar-refractivity contribution in [3.05, 3.63) is 72.3 Å². The zero-order valence-electron chi connectivity index (χ0n) is 18.9. The summed E-state index contributed by atoms with van der Waals surface area (Å²) in [6, 6.07) is 17.8. The Hall–Kier alpha value is -3.72. The number of sulfonamides is 1. The second-order valence-corrected chi connectivity index (χ2v) is 9.00. The maximum atomic E-state index is 13.5. The number of carbonyl (C=O) groups is 1. The van der Waals surface area contributed by atoms with Gasteiger partial charge in [-0.3, -0.25) is 9.10 Å². The van der Waals surface area contributed by atoms with E-state index in [0.717, 1.165) is 9.87 Å². The summed E-state index contributed by atoms with van der Waals surface area (Å²) >= 11 is 0. The zero-order valence-corrected chi connectivity index (χ0v) is 19.7. The van der Waals surface area contributed by atoms with Crippen molar-refractivity contribution in [2.75, 3.05) is 37.5 Å². The molecule has 0 radical (unpaired) electrons. The normalized spacial score (nSPS) is 10.9. The van der Waals surface area contributed by atoms with Gasteiger partial charge in [-0.15, -0.1) is 0 Å². The van der Waals surface area contributed by atoms with Crippen molar-refractivity contribution >= 4 is 27.3 Å². The number of hydrogen-bond donors (Lipinski definition) is 1. The largest absolute Gasteiger partial charge is 0.497 e. The average Bonchev–Trinajstić information content (AvgIpc) is 2.83. The molecule has 0 aliphatic carbocycles. The Morgan fingerprint density at radius 1 is 0.848 bits per heavy atom.